The predicted molar refractivity (Wildman–Crippen MR) is 131 cm³/mol. The first-order valence-electron chi connectivity index (χ1n) is 12.2. The summed E-state index contributed by atoms with van der Waals surface area (Å²) >= 11 is 0. The van der Waals surface area contributed by atoms with E-state index in [4.69, 9.17) is 14.6 Å². The second-order valence-corrected chi connectivity index (χ2v) is 9.01. The molecule has 0 spiro atoms. The van der Waals surface area contributed by atoms with Gasteiger partial charge < -0.3 is 14.7 Å². The number of alkyl halides is 7. The summed E-state index contributed by atoms with van der Waals surface area (Å²) in [6, 6.07) is 10.1. The SMILES string of the molecule is Cc1nc2cccc(C(F)(F)F)c2c(=O)n1-c1ccc(OCCCN2CCC(F)CC2)cc1.O=C(O)C(F)(F)F. The number of benzene rings is 2. The molecular weight excluding hydrogens is 551 g/mol. The molecule has 2 heterocycles. The molecule has 0 bridgehead atoms. The Morgan fingerprint density at radius 2 is 1.65 bits per heavy atom. The van der Waals surface area contributed by atoms with Gasteiger partial charge in [-0.2, -0.15) is 26.3 Å². The molecule has 40 heavy (non-hydrogen) atoms. The lowest BCUT2D eigenvalue weighted by atomic mass is 10.1. The molecule has 0 atom stereocenters. The third-order valence-corrected chi connectivity index (χ3v) is 6.11. The van der Waals surface area contributed by atoms with Crippen molar-refractivity contribution in [2.24, 2.45) is 0 Å². The summed E-state index contributed by atoms with van der Waals surface area (Å²) in [5.41, 5.74) is -1.34. The van der Waals surface area contributed by atoms with Crippen molar-refractivity contribution in [3.05, 3.63) is 64.2 Å². The van der Waals surface area contributed by atoms with Crippen LogP contribution in [-0.2, 0) is 11.0 Å². The molecule has 0 amide bonds. The van der Waals surface area contributed by atoms with E-state index >= 15 is 0 Å². The van der Waals surface area contributed by atoms with E-state index < -0.39 is 41.0 Å². The van der Waals surface area contributed by atoms with Crippen LogP contribution < -0.4 is 10.3 Å². The van der Waals surface area contributed by atoms with E-state index in [1.54, 1.807) is 31.2 Å². The number of carboxylic acid groups (broad SMARTS) is 1. The number of halogens is 7. The highest BCUT2D eigenvalue weighted by Crippen LogP contribution is 2.33. The van der Waals surface area contributed by atoms with Crippen molar-refractivity contribution >= 4 is 16.9 Å². The van der Waals surface area contributed by atoms with Gasteiger partial charge in [-0.1, -0.05) is 6.07 Å². The van der Waals surface area contributed by atoms with Crippen LogP contribution in [0, 0.1) is 6.92 Å². The van der Waals surface area contributed by atoms with Crippen LogP contribution in [0.1, 0.15) is 30.7 Å². The highest BCUT2D eigenvalue weighted by molar-refractivity contribution is 5.82. The van der Waals surface area contributed by atoms with Gasteiger partial charge in [0.15, 0.2) is 0 Å². The summed E-state index contributed by atoms with van der Waals surface area (Å²) in [4.78, 5) is 28.4. The monoisotopic (exact) mass is 577 g/mol. The number of aryl methyl sites for hydroxylation is 1. The zero-order chi connectivity index (χ0) is 29.7. The normalized spacial score (nSPS) is 15.0. The fraction of sp³-hybridized carbons (Fsp3) is 0.423. The quantitative estimate of drug-likeness (QED) is 0.306. The van der Waals surface area contributed by atoms with Gasteiger partial charge in [0.2, 0.25) is 0 Å². The van der Waals surface area contributed by atoms with Crippen molar-refractivity contribution < 1.29 is 45.4 Å². The molecule has 1 aliphatic heterocycles. The number of fused-ring (bicyclic) bond motifs is 1. The van der Waals surface area contributed by atoms with Crippen LogP contribution in [0.4, 0.5) is 30.7 Å². The largest absolute Gasteiger partial charge is 0.494 e. The number of aliphatic carboxylic acids is 1. The van der Waals surface area contributed by atoms with E-state index in [0.29, 0.717) is 30.9 Å². The van der Waals surface area contributed by atoms with E-state index in [2.05, 4.69) is 9.88 Å². The molecular formula is C26H26F7N3O4. The van der Waals surface area contributed by atoms with Gasteiger partial charge in [-0.25, -0.2) is 14.2 Å². The van der Waals surface area contributed by atoms with Gasteiger partial charge in [0.25, 0.3) is 5.56 Å². The maximum Gasteiger partial charge on any atom is 0.490 e. The Bertz CT molecular complexity index is 1360. The van der Waals surface area contributed by atoms with Crippen molar-refractivity contribution in [2.75, 3.05) is 26.2 Å². The van der Waals surface area contributed by atoms with Crippen LogP contribution in [0.25, 0.3) is 16.6 Å². The number of hydrogen-bond donors (Lipinski definition) is 1. The van der Waals surface area contributed by atoms with Gasteiger partial charge >= 0.3 is 18.3 Å². The predicted octanol–water partition coefficient (Wildman–Crippen LogP) is 5.55. The van der Waals surface area contributed by atoms with Crippen molar-refractivity contribution in [1.82, 2.24) is 14.5 Å². The highest BCUT2D eigenvalue weighted by atomic mass is 19.4. The molecule has 1 aliphatic rings. The molecule has 0 radical (unpaired) electrons. The average Bonchev–Trinajstić information content (AvgIpc) is 2.87. The first-order valence-corrected chi connectivity index (χ1v) is 12.2. The van der Waals surface area contributed by atoms with Gasteiger partial charge in [0, 0.05) is 19.6 Å². The molecule has 7 nitrogen and oxygen atoms in total. The molecule has 2 aromatic carbocycles. The minimum Gasteiger partial charge on any atom is -0.494 e. The third-order valence-electron chi connectivity index (χ3n) is 6.11. The maximum absolute atomic E-state index is 13.5. The number of piperidine rings is 1. The molecule has 0 aliphatic carbocycles. The zero-order valence-corrected chi connectivity index (χ0v) is 21.2. The Morgan fingerprint density at radius 3 is 2.20 bits per heavy atom. The fourth-order valence-electron chi connectivity index (χ4n) is 4.18. The molecule has 0 saturated carbocycles. The Kier molecular flexibility index (Phi) is 9.77. The van der Waals surface area contributed by atoms with E-state index in [-0.39, 0.29) is 11.3 Å². The van der Waals surface area contributed by atoms with E-state index in [9.17, 15) is 35.5 Å². The zero-order valence-electron chi connectivity index (χ0n) is 21.2. The summed E-state index contributed by atoms with van der Waals surface area (Å²) in [5, 5.41) is 6.67. The highest BCUT2D eigenvalue weighted by Gasteiger charge is 2.38. The van der Waals surface area contributed by atoms with Gasteiger partial charge in [0.05, 0.1) is 28.8 Å². The van der Waals surface area contributed by atoms with E-state index in [0.717, 1.165) is 32.1 Å². The Morgan fingerprint density at radius 1 is 1.05 bits per heavy atom. The van der Waals surface area contributed by atoms with Crippen LogP contribution >= 0.6 is 0 Å². The molecule has 0 unspecified atom stereocenters. The molecule has 1 aromatic heterocycles. The van der Waals surface area contributed by atoms with Crippen LogP contribution in [0.5, 0.6) is 5.75 Å². The second kappa shape index (κ2) is 12.7. The van der Waals surface area contributed by atoms with Crippen molar-refractivity contribution in [3.63, 3.8) is 0 Å². The number of carboxylic acids is 1. The molecule has 3 aromatic rings. The maximum atomic E-state index is 13.5. The average molecular weight is 577 g/mol. The van der Waals surface area contributed by atoms with Crippen molar-refractivity contribution in [3.8, 4) is 11.4 Å². The minimum absolute atomic E-state index is 0.0132. The number of nitrogens with zero attached hydrogens (tertiary/aromatic N) is 3. The summed E-state index contributed by atoms with van der Waals surface area (Å²) in [5.74, 6) is -1.87. The number of hydrogen-bond acceptors (Lipinski definition) is 5. The van der Waals surface area contributed by atoms with Gasteiger partial charge in [0.1, 0.15) is 17.7 Å². The smallest absolute Gasteiger partial charge is 0.490 e. The van der Waals surface area contributed by atoms with Gasteiger partial charge in [-0.3, -0.25) is 9.36 Å². The first-order chi connectivity index (χ1) is 18.7. The number of aromatic nitrogens is 2. The summed E-state index contributed by atoms with van der Waals surface area (Å²) in [6.45, 7) is 4.43. The minimum atomic E-state index is -5.08. The molecule has 14 heteroatoms. The first kappa shape index (κ1) is 30.9. The lowest BCUT2D eigenvalue weighted by Crippen LogP contribution is -2.35. The number of likely N-dealkylation sites (tertiary alicyclic amines) is 1. The fourth-order valence-corrected chi connectivity index (χ4v) is 4.18. The Labute approximate surface area is 223 Å². The van der Waals surface area contributed by atoms with E-state index in [1.165, 1.54) is 16.7 Å². The Balaban J connectivity index is 0.000000559. The van der Waals surface area contributed by atoms with Crippen LogP contribution in [0.3, 0.4) is 0 Å². The number of carbonyl (C=O) groups is 1. The number of ether oxygens (including phenoxy) is 1. The molecule has 1 fully saturated rings. The summed E-state index contributed by atoms with van der Waals surface area (Å²) < 4.78 is 92.2. The van der Waals surface area contributed by atoms with Crippen LogP contribution in [0.2, 0.25) is 0 Å². The second-order valence-electron chi connectivity index (χ2n) is 9.01. The standard InChI is InChI=1S/C24H25F4N3O2.C2HF3O2/c1-16-29-21-5-2-4-20(24(26,27)28)22(21)23(32)31(16)18-6-8-19(9-7-18)33-15-3-12-30-13-10-17(25)11-14-30;3-2(4,5)1(6)7/h2,4-9,17H,3,10-15H2,1H3;(H,6,7). The van der Waals surface area contributed by atoms with Crippen LogP contribution in [0.15, 0.2) is 47.3 Å². The molecule has 218 valence electrons. The third kappa shape index (κ3) is 7.93. The number of rotatable bonds is 6. The van der Waals surface area contributed by atoms with Crippen molar-refractivity contribution in [2.45, 2.75) is 44.7 Å². The lowest BCUT2D eigenvalue weighted by molar-refractivity contribution is -0.192. The summed E-state index contributed by atoms with van der Waals surface area (Å²) in [6.07, 6.45) is -8.48. The Hall–Kier alpha value is -3.68. The van der Waals surface area contributed by atoms with Crippen molar-refractivity contribution in [1.29, 1.82) is 0 Å². The summed E-state index contributed by atoms with van der Waals surface area (Å²) in [7, 11) is 0. The lowest BCUT2D eigenvalue weighted by Gasteiger charge is -2.28. The van der Waals surface area contributed by atoms with E-state index in [1.807, 2.05) is 0 Å². The molecule has 4 rings (SSSR count). The molecule has 1 N–H and O–H groups in total. The van der Waals surface area contributed by atoms with Gasteiger partial charge in [-0.15, -0.1) is 0 Å². The molecule has 1 saturated heterocycles. The van der Waals surface area contributed by atoms with Crippen LogP contribution in [-0.4, -0.2) is 64.1 Å². The van der Waals surface area contributed by atoms with Gasteiger partial charge in [-0.05, 0) is 62.6 Å². The topological polar surface area (TPSA) is 84.7 Å².